The van der Waals surface area contributed by atoms with Crippen molar-refractivity contribution in [2.45, 2.75) is 12.8 Å². The molecule has 4 atom stereocenters. The van der Waals surface area contributed by atoms with Gasteiger partial charge in [-0.25, -0.2) is 0 Å². The van der Waals surface area contributed by atoms with E-state index in [1.54, 1.807) is 0 Å². The second-order valence-corrected chi connectivity index (χ2v) is 4.23. The van der Waals surface area contributed by atoms with Crippen LogP contribution in [0.3, 0.4) is 0 Å². The summed E-state index contributed by atoms with van der Waals surface area (Å²) < 4.78 is 0. The van der Waals surface area contributed by atoms with Crippen molar-refractivity contribution < 1.29 is 29.4 Å². The standard InChI is InChI=1S/C10H10O6/c11-7-3-1-2-4(6(7)10(15)16)8(12)5(3)9(13)14/h3-6H,1-2H2,(H,13,14)(H,15,16). The Hall–Kier alpha value is -1.72. The Morgan fingerprint density at radius 2 is 1.19 bits per heavy atom. The third kappa shape index (κ3) is 1.26. The Kier molecular flexibility index (Phi) is 2.29. The molecule has 3 aliphatic rings. The maximum atomic E-state index is 11.7. The van der Waals surface area contributed by atoms with Crippen LogP contribution in [0, 0.1) is 23.7 Å². The lowest BCUT2D eigenvalue weighted by atomic mass is 9.58. The molecule has 86 valence electrons. The highest BCUT2D eigenvalue weighted by atomic mass is 16.4. The van der Waals surface area contributed by atoms with Gasteiger partial charge in [-0.15, -0.1) is 0 Å². The molecule has 0 amide bonds. The van der Waals surface area contributed by atoms with Crippen LogP contribution >= 0.6 is 0 Å². The zero-order valence-electron chi connectivity index (χ0n) is 8.25. The summed E-state index contributed by atoms with van der Waals surface area (Å²) in [4.78, 5) is 45.1. The molecule has 3 saturated carbocycles. The highest BCUT2D eigenvalue weighted by molar-refractivity contribution is 6.15. The van der Waals surface area contributed by atoms with Gasteiger partial charge in [-0.3, -0.25) is 19.2 Å². The predicted octanol–water partition coefficient (Wildman–Crippen LogP) is -0.434. The van der Waals surface area contributed by atoms with Gasteiger partial charge in [0.05, 0.1) is 0 Å². The van der Waals surface area contributed by atoms with Gasteiger partial charge in [0.25, 0.3) is 0 Å². The molecule has 0 aromatic heterocycles. The summed E-state index contributed by atoms with van der Waals surface area (Å²) in [5.74, 6) is -8.41. The zero-order chi connectivity index (χ0) is 12.0. The minimum atomic E-state index is -1.33. The molecule has 3 aliphatic carbocycles. The Bertz CT molecular complexity index is 360. The van der Waals surface area contributed by atoms with Crippen LogP contribution in [0.2, 0.25) is 0 Å². The van der Waals surface area contributed by atoms with Crippen molar-refractivity contribution in [1.29, 1.82) is 0 Å². The van der Waals surface area contributed by atoms with Gasteiger partial charge in [-0.05, 0) is 12.8 Å². The van der Waals surface area contributed by atoms with Crippen molar-refractivity contribution in [2.75, 3.05) is 0 Å². The second kappa shape index (κ2) is 3.40. The van der Waals surface area contributed by atoms with Crippen LogP contribution in [0.25, 0.3) is 0 Å². The van der Waals surface area contributed by atoms with E-state index >= 15 is 0 Å². The Balaban J connectivity index is 2.40. The third-order valence-electron chi connectivity index (χ3n) is 3.47. The monoisotopic (exact) mass is 226 g/mol. The Morgan fingerprint density at radius 1 is 0.875 bits per heavy atom. The van der Waals surface area contributed by atoms with Gasteiger partial charge in [0.15, 0.2) is 11.6 Å². The molecule has 0 aromatic rings. The predicted molar refractivity (Wildman–Crippen MR) is 48.5 cm³/mol. The van der Waals surface area contributed by atoms with Gasteiger partial charge in [-0.1, -0.05) is 0 Å². The van der Waals surface area contributed by atoms with E-state index < -0.39 is 47.2 Å². The third-order valence-corrected chi connectivity index (χ3v) is 3.47. The van der Waals surface area contributed by atoms with Crippen molar-refractivity contribution in [3.05, 3.63) is 0 Å². The SMILES string of the molecule is O=C(O)C1C(=O)C2CCC1C(=O)C2C(=O)O. The number of Topliss-reactive ketones (excluding diaryl/α,β-unsaturated/α-hetero) is 2. The van der Waals surface area contributed by atoms with Crippen LogP contribution in [0.5, 0.6) is 0 Å². The number of rotatable bonds is 2. The van der Waals surface area contributed by atoms with Crippen LogP contribution in [0.1, 0.15) is 12.8 Å². The zero-order valence-corrected chi connectivity index (χ0v) is 8.25. The Morgan fingerprint density at radius 3 is 1.44 bits per heavy atom. The molecule has 4 unspecified atom stereocenters. The molecular weight excluding hydrogens is 216 g/mol. The molecule has 0 aliphatic heterocycles. The smallest absolute Gasteiger partial charge is 0.314 e. The fourth-order valence-electron chi connectivity index (χ4n) is 2.75. The summed E-state index contributed by atoms with van der Waals surface area (Å²) in [5, 5.41) is 17.7. The van der Waals surface area contributed by atoms with E-state index in [1.165, 1.54) is 0 Å². The molecule has 0 radical (unpaired) electrons. The van der Waals surface area contributed by atoms with Crippen molar-refractivity contribution in [1.82, 2.24) is 0 Å². The first kappa shape index (κ1) is 10.8. The van der Waals surface area contributed by atoms with Crippen molar-refractivity contribution in [3.8, 4) is 0 Å². The highest BCUT2D eigenvalue weighted by Crippen LogP contribution is 2.44. The number of ketones is 2. The van der Waals surface area contributed by atoms with Crippen LogP contribution < -0.4 is 0 Å². The maximum absolute atomic E-state index is 11.7. The number of carbonyl (C=O) groups is 4. The lowest BCUT2D eigenvalue weighted by molar-refractivity contribution is -0.170. The van der Waals surface area contributed by atoms with Gasteiger partial charge >= 0.3 is 11.9 Å². The highest BCUT2D eigenvalue weighted by Gasteiger charge is 2.58. The molecule has 0 aromatic carbocycles. The summed E-state index contributed by atoms with van der Waals surface area (Å²) in [7, 11) is 0. The van der Waals surface area contributed by atoms with Crippen LogP contribution in [-0.2, 0) is 19.2 Å². The fraction of sp³-hybridized carbons (Fsp3) is 0.600. The number of carboxylic acid groups (broad SMARTS) is 2. The van der Waals surface area contributed by atoms with Crippen LogP contribution in [0.4, 0.5) is 0 Å². The van der Waals surface area contributed by atoms with Gasteiger partial charge in [-0.2, -0.15) is 0 Å². The van der Waals surface area contributed by atoms with Crippen molar-refractivity contribution in [2.24, 2.45) is 23.7 Å². The summed E-state index contributed by atoms with van der Waals surface area (Å²) >= 11 is 0. The van der Waals surface area contributed by atoms with Gasteiger partial charge in [0, 0.05) is 11.8 Å². The molecule has 6 heteroatoms. The fourth-order valence-corrected chi connectivity index (χ4v) is 2.75. The first-order chi connectivity index (χ1) is 7.45. The normalized spacial score (nSPS) is 37.5. The van der Waals surface area contributed by atoms with E-state index in [1.807, 2.05) is 0 Å². The van der Waals surface area contributed by atoms with Crippen molar-refractivity contribution in [3.63, 3.8) is 0 Å². The summed E-state index contributed by atoms with van der Waals surface area (Å²) in [6, 6.07) is 0. The molecule has 0 spiro atoms. The number of hydrogen-bond donors (Lipinski definition) is 2. The quantitative estimate of drug-likeness (QED) is 0.618. The molecule has 6 nitrogen and oxygen atoms in total. The number of aliphatic carboxylic acids is 2. The molecule has 3 fully saturated rings. The number of fused-ring (bicyclic) bond motifs is 3. The summed E-state index contributed by atoms with van der Waals surface area (Å²) in [6.45, 7) is 0. The minimum absolute atomic E-state index is 0.302. The number of hydrogen-bond acceptors (Lipinski definition) is 4. The largest absolute Gasteiger partial charge is 0.481 e. The minimum Gasteiger partial charge on any atom is -0.481 e. The maximum Gasteiger partial charge on any atom is 0.314 e. The molecule has 16 heavy (non-hydrogen) atoms. The average Bonchev–Trinajstić information content (AvgIpc) is 2.18. The molecule has 2 N–H and O–H groups in total. The molecule has 2 bridgehead atoms. The van der Waals surface area contributed by atoms with E-state index in [0.717, 1.165) is 0 Å². The van der Waals surface area contributed by atoms with Gasteiger partial charge < -0.3 is 10.2 Å². The van der Waals surface area contributed by atoms with Gasteiger partial charge in [0.1, 0.15) is 11.8 Å². The van der Waals surface area contributed by atoms with E-state index in [4.69, 9.17) is 10.2 Å². The van der Waals surface area contributed by atoms with Crippen LogP contribution in [-0.4, -0.2) is 33.7 Å². The van der Waals surface area contributed by atoms with E-state index in [9.17, 15) is 19.2 Å². The van der Waals surface area contributed by atoms with Gasteiger partial charge in [0.2, 0.25) is 0 Å². The molecular formula is C10H10O6. The summed E-state index contributed by atoms with van der Waals surface area (Å²) in [6.07, 6.45) is 0.603. The van der Waals surface area contributed by atoms with E-state index in [2.05, 4.69) is 0 Å². The van der Waals surface area contributed by atoms with Crippen molar-refractivity contribution >= 4 is 23.5 Å². The first-order valence-electron chi connectivity index (χ1n) is 4.98. The number of carbonyl (C=O) groups excluding carboxylic acids is 2. The molecule has 3 rings (SSSR count). The molecule has 0 saturated heterocycles. The first-order valence-corrected chi connectivity index (χ1v) is 4.98. The molecule has 0 heterocycles. The lowest BCUT2D eigenvalue weighted by Crippen LogP contribution is -2.56. The lowest BCUT2D eigenvalue weighted by Gasteiger charge is -2.41. The van der Waals surface area contributed by atoms with E-state index in [-0.39, 0.29) is 0 Å². The average molecular weight is 226 g/mol. The topological polar surface area (TPSA) is 109 Å². The van der Waals surface area contributed by atoms with Crippen LogP contribution in [0.15, 0.2) is 0 Å². The Labute approximate surface area is 90.2 Å². The van der Waals surface area contributed by atoms with E-state index in [0.29, 0.717) is 12.8 Å². The summed E-state index contributed by atoms with van der Waals surface area (Å²) in [5.41, 5.74) is 0. The second-order valence-electron chi connectivity index (χ2n) is 4.23. The number of carboxylic acids is 2.